The van der Waals surface area contributed by atoms with Gasteiger partial charge in [0.2, 0.25) is 0 Å². The van der Waals surface area contributed by atoms with E-state index < -0.39 is 0 Å². The summed E-state index contributed by atoms with van der Waals surface area (Å²) in [6.07, 6.45) is 0.679. The number of hydrogen-bond acceptors (Lipinski definition) is 4. The minimum absolute atomic E-state index is 0.00954. The Morgan fingerprint density at radius 1 is 0.970 bits per heavy atom. The van der Waals surface area contributed by atoms with Gasteiger partial charge in [0.25, 0.3) is 5.91 Å². The number of benzene rings is 2. The summed E-state index contributed by atoms with van der Waals surface area (Å²) in [5.41, 5.74) is 7.59. The lowest BCUT2D eigenvalue weighted by molar-refractivity contribution is 0.0780. The monoisotopic (exact) mass is 442 g/mol. The van der Waals surface area contributed by atoms with Crippen LogP contribution in [0.1, 0.15) is 48.8 Å². The van der Waals surface area contributed by atoms with Gasteiger partial charge in [-0.05, 0) is 45.1 Å². The Morgan fingerprint density at radius 3 is 2.39 bits per heavy atom. The molecule has 0 spiro atoms. The van der Waals surface area contributed by atoms with Crippen molar-refractivity contribution in [3.05, 3.63) is 87.7 Å². The summed E-state index contributed by atoms with van der Waals surface area (Å²) in [6, 6.07) is 15.0. The predicted molar refractivity (Wildman–Crippen MR) is 132 cm³/mol. The van der Waals surface area contributed by atoms with Crippen LogP contribution in [0.25, 0.3) is 0 Å². The second-order valence-corrected chi connectivity index (χ2v) is 8.93. The van der Waals surface area contributed by atoms with Crippen LogP contribution in [0.4, 0.5) is 5.69 Å². The second-order valence-electron chi connectivity index (χ2n) is 8.93. The summed E-state index contributed by atoms with van der Waals surface area (Å²) in [4.78, 5) is 37.8. The first-order chi connectivity index (χ1) is 15.8. The van der Waals surface area contributed by atoms with Crippen molar-refractivity contribution in [1.82, 2.24) is 14.8 Å². The van der Waals surface area contributed by atoms with Gasteiger partial charge in [-0.15, -0.1) is 0 Å². The lowest BCUT2D eigenvalue weighted by Crippen LogP contribution is -2.34. The number of hydrogen-bond donors (Lipinski definition) is 1. The molecule has 170 valence electrons. The van der Waals surface area contributed by atoms with Gasteiger partial charge in [-0.25, -0.2) is 0 Å². The van der Waals surface area contributed by atoms with E-state index >= 15 is 0 Å². The fraction of sp³-hybridized carbons (Fsp3) is 0.296. The number of carbonyl (C=O) groups is 2. The minimum atomic E-state index is -0.0180. The van der Waals surface area contributed by atoms with Crippen LogP contribution in [0.5, 0.6) is 0 Å². The SMILES string of the molecule is Cc1[nH]c(C(=O)N(C)CCN(C)C)c(C)c1C1=Nc2cc(C(=O)c3ccccc3)ccc2C1. The van der Waals surface area contributed by atoms with Crippen LogP contribution < -0.4 is 0 Å². The molecule has 6 nitrogen and oxygen atoms in total. The number of nitrogens with zero attached hydrogens (tertiary/aromatic N) is 3. The zero-order valence-corrected chi connectivity index (χ0v) is 19.9. The molecular weight excluding hydrogens is 412 g/mol. The fourth-order valence-corrected chi connectivity index (χ4v) is 4.26. The molecule has 1 aliphatic rings. The number of likely N-dealkylation sites (N-methyl/N-ethyl adjacent to an activating group) is 2. The Bertz CT molecular complexity index is 1240. The first-order valence-electron chi connectivity index (χ1n) is 11.2. The van der Waals surface area contributed by atoms with E-state index in [9.17, 15) is 9.59 Å². The predicted octanol–water partition coefficient (Wildman–Crippen LogP) is 4.17. The van der Waals surface area contributed by atoms with Crippen molar-refractivity contribution >= 4 is 23.1 Å². The minimum Gasteiger partial charge on any atom is -0.354 e. The van der Waals surface area contributed by atoms with Crippen molar-refractivity contribution in [2.24, 2.45) is 4.99 Å². The van der Waals surface area contributed by atoms with Crippen molar-refractivity contribution < 1.29 is 9.59 Å². The molecule has 1 aromatic heterocycles. The van der Waals surface area contributed by atoms with Gasteiger partial charge < -0.3 is 14.8 Å². The van der Waals surface area contributed by atoms with Gasteiger partial charge in [0.1, 0.15) is 5.69 Å². The molecule has 1 N–H and O–H groups in total. The number of H-pyrrole nitrogens is 1. The molecule has 0 aliphatic carbocycles. The van der Waals surface area contributed by atoms with Crippen molar-refractivity contribution in [1.29, 1.82) is 0 Å². The molecule has 0 bridgehead atoms. The molecule has 2 aromatic carbocycles. The number of aryl methyl sites for hydroxylation is 1. The third-order valence-corrected chi connectivity index (χ3v) is 6.17. The Kier molecular flexibility index (Phi) is 6.29. The molecule has 0 fully saturated rings. The lowest BCUT2D eigenvalue weighted by atomic mass is 9.98. The van der Waals surface area contributed by atoms with E-state index in [2.05, 4.69) is 9.88 Å². The highest BCUT2D eigenvalue weighted by molar-refractivity contribution is 6.12. The van der Waals surface area contributed by atoms with Crippen LogP contribution in [0, 0.1) is 13.8 Å². The molecular formula is C27H30N4O2. The number of aromatic nitrogens is 1. The zero-order valence-electron chi connectivity index (χ0n) is 19.9. The number of nitrogens with one attached hydrogen (secondary N) is 1. The molecule has 0 saturated carbocycles. The first kappa shape index (κ1) is 22.7. The molecule has 4 rings (SSSR count). The van der Waals surface area contributed by atoms with Crippen LogP contribution in [0.15, 0.2) is 53.5 Å². The Balaban J connectivity index is 1.60. The largest absolute Gasteiger partial charge is 0.354 e. The van der Waals surface area contributed by atoms with E-state index in [0.717, 1.165) is 40.3 Å². The van der Waals surface area contributed by atoms with E-state index in [4.69, 9.17) is 4.99 Å². The van der Waals surface area contributed by atoms with Crippen LogP contribution in [0.2, 0.25) is 0 Å². The molecule has 2 heterocycles. The first-order valence-corrected chi connectivity index (χ1v) is 11.2. The van der Waals surface area contributed by atoms with Crippen molar-refractivity contribution in [2.45, 2.75) is 20.3 Å². The fourth-order valence-electron chi connectivity index (χ4n) is 4.26. The third-order valence-electron chi connectivity index (χ3n) is 6.17. The van der Waals surface area contributed by atoms with Crippen LogP contribution in [-0.2, 0) is 6.42 Å². The van der Waals surface area contributed by atoms with Crippen LogP contribution >= 0.6 is 0 Å². The molecule has 1 amide bonds. The summed E-state index contributed by atoms with van der Waals surface area (Å²) >= 11 is 0. The summed E-state index contributed by atoms with van der Waals surface area (Å²) in [5, 5.41) is 0. The highest BCUT2D eigenvalue weighted by Gasteiger charge is 2.26. The van der Waals surface area contributed by atoms with Crippen molar-refractivity contribution in [3.63, 3.8) is 0 Å². The zero-order chi connectivity index (χ0) is 23.7. The number of carbonyl (C=O) groups excluding carboxylic acids is 2. The van der Waals surface area contributed by atoms with Gasteiger partial charge in [0.15, 0.2) is 5.78 Å². The summed E-state index contributed by atoms with van der Waals surface area (Å²) in [7, 11) is 5.82. The number of amides is 1. The second kappa shape index (κ2) is 9.16. The topological polar surface area (TPSA) is 68.8 Å². The van der Waals surface area contributed by atoms with Crippen LogP contribution in [0.3, 0.4) is 0 Å². The normalized spacial score (nSPS) is 12.6. The van der Waals surface area contributed by atoms with E-state index in [0.29, 0.717) is 29.8 Å². The lowest BCUT2D eigenvalue weighted by Gasteiger charge is -2.19. The number of aromatic amines is 1. The Labute approximate surface area is 195 Å². The summed E-state index contributed by atoms with van der Waals surface area (Å²) in [6.45, 7) is 5.42. The average Bonchev–Trinajstić information content (AvgIpc) is 3.35. The van der Waals surface area contributed by atoms with E-state index in [-0.39, 0.29) is 11.7 Å². The van der Waals surface area contributed by atoms with Crippen molar-refractivity contribution in [3.8, 4) is 0 Å². The van der Waals surface area contributed by atoms with E-state index in [1.807, 2.05) is 83.5 Å². The Morgan fingerprint density at radius 2 is 1.70 bits per heavy atom. The molecule has 33 heavy (non-hydrogen) atoms. The Hall–Kier alpha value is -3.51. The number of ketones is 1. The van der Waals surface area contributed by atoms with Gasteiger partial charge in [0, 0.05) is 48.9 Å². The maximum absolute atomic E-state index is 13.0. The summed E-state index contributed by atoms with van der Waals surface area (Å²) in [5.74, 6) is -0.0275. The molecule has 0 saturated heterocycles. The third kappa shape index (κ3) is 4.52. The van der Waals surface area contributed by atoms with Crippen LogP contribution in [-0.4, -0.2) is 66.4 Å². The number of rotatable bonds is 7. The smallest absolute Gasteiger partial charge is 0.270 e. The van der Waals surface area contributed by atoms with Gasteiger partial charge in [-0.3, -0.25) is 14.6 Å². The van der Waals surface area contributed by atoms with E-state index in [1.54, 1.807) is 4.90 Å². The molecule has 0 atom stereocenters. The summed E-state index contributed by atoms with van der Waals surface area (Å²) < 4.78 is 0. The van der Waals surface area contributed by atoms with Gasteiger partial charge in [0.05, 0.1) is 11.4 Å². The molecule has 6 heteroatoms. The molecule has 1 aliphatic heterocycles. The highest BCUT2D eigenvalue weighted by atomic mass is 16.2. The maximum Gasteiger partial charge on any atom is 0.270 e. The van der Waals surface area contributed by atoms with Gasteiger partial charge in [-0.2, -0.15) is 0 Å². The number of aliphatic imine (C=N–C) groups is 1. The van der Waals surface area contributed by atoms with E-state index in [1.165, 1.54) is 0 Å². The van der Waals surface area contributed by atoms with Crippen molar-refractivity contribution in [2.75, 3.05) is 34.2 Å². The standard InChI is InChI=1S/C27H30N4O2/c1-17-24(18(2)28-25(17)27(33)31(5)14-13-30(3)4)23-15-20-11-12-21(16-22(20)29-23)26(32)19-9-7-6-8-10-19/h6-12,16,28H,13-15H2,1-5H3. The molecule has 3 aromatic rings. The average molecular weight is 443 g/mol. The highest BCUT2D eigenvalue weighted by Crippen LogP contribution is 2.33. The molecule has 0 unspecified atom stereocenters. The van der Waals surface area contributed by atoms with Gasteiger partial charge in [-0.1, -0.05) is 42.5 Å². The quantitative estimate of drug-likeness (QED) is 0.559. The molecule has 0 radical (unpaired) electrons. The maximum atomic E-state index is 13.0. The van der Waals surface area contributed by atoms with Gasteiger partial charge >= 0.3 is 0 Å². The number of fused-ring (bicyclic) bond motifs is 1.